The zero-order valence-corrected chi connectivity index (χ0v) is 13.7. The highest BCUT2D eigenvalue weighted by Crippen LogP contribution is 2.33. The molecule has 0 fully saturated rings. The Bertz CT molecular complexity index is 549. The molecule has 0 aliphatic carbocycles. The number of aromatic amines is 1. The van der Waals surface area contributed by atoms with Crippen LogP contribution in [0.25, 0.3) is 10.9 Å². The molecule has 0 aliphatic rings. The van der Waals surface area contributed by atoms with Crippen LogP contribution in [0.4, 0.5) is 0 Å². The lowest BCUT2D eigenvalue weighted by Crippen LogP contribution is -2.24. The summed E-state index contributed by atoms with van der Waals surface area (Å²) in [6, 6.07) is 6.56. The Morgan fingerprint density at radius 3 is 2.35 bits per heavy atom. The molecule has 2 aromatic rings. The first kappa shape index (κ1) is 12.9. The van der Waals surface area contributed by atoms with Gasteiger partial charge in [0.1, 0.15) is 8.80 Å². The van der Waals surface area contributed by atoms with Crippen molar-refractivity contribution in [3.05, 3.63) is 28.2 Å². The van der Waals surface area contributed by atoms with Gasteiger partial charge in [-0.15, -0.1) is 0 Å². The van der Waals surface area contributed by atoms with Gasteiger partial charge in [-0.3, -0.25) is 0 Å². The fourth-order valence-corrected chi connectivity index (χ4v) is 4.84. The number of rotatable bonds is 1. The zero-order chi connectivity index (χ0) is 12.8. The Labute approximate surface area is 113 Å². The Morgan fingerprint density at radius 2 is 1.82 bits per heavy atom. The van der Waals surface area contributed by atoms with Crippen LogP contribution in [0.1, 0.15) is 26.3 Å². The summed E-state index contributed by atoms with van der Waals surface area (Å²) in [5.74, 6) is 0. The van der Waals surface area contributed by atoms with E-state index >= 15 is 0 Å². The van der Waals surface area contributed by atoms with Crippen LogP contribution in [0.5, 0.6) is 0 Å². The second-order valence-electron chi connectivity index (χ2n) is 5.79. The quantitative estimate of drug-likeness (QED) is 0.760. The molecule has 0 aliphatic heterocycles. The molecule has 1 nitrogen and oxygen atoms in total. The normalized spacial score (nSPS) is 12.6. The van der Waals surface area contributed by atoms with Crippen LogP contribution in [0.15, 0.2) is 22.7 Å². The minimum atomic E-state index is -0.467. The fraction of sp³-hybridized carbons (Fsp3) is 0.429. The Kier molecular flexibility index (Phi) is 3.25. The van der Waals surface area contributed by atoms with Crippen LogP contribution in [0.3, 0.4) is 0 Å². The van der Waals surface area contributed by atoms with Crippen molar-refractivity contribution in [2.45, 2.75) is 39.3 Å². The molecule has 0 bridgehead atoms. The highest BCUT2D eigenvalue weighted by molar-refractivity contribution is 9.10. The SMILES string of the molecule is C[Si](C)c1[nH]c2cccc(C(C)(C)C)c2c1Br. The van der Waals surface area contributed by atoms with E-state index in [0.29, 0.717) is 0 Å². The van der Waals surface area contributed by atoms with E-state index in [9.17, 15) is 0 Å². The van der Waals surface area contributed by atoms with Crippen LogP contribution in [-0.4, -0.2) is 13.8 Å². The van der Waals surface area contributed by atoms with Gasteiger partial charge >= 0.3 is 0 Å². The summed E-state index contributed by atoms with van der Waals surface area (Å²) in [5, 5.41) is 2.75. The molecular formula is C14H19BrNSi. The Hall–Kier alpha value is -0.543. The maximum Gasteiger partial charge on any atom is 0.103 e. The average molecular weight is 309 g/mol. The molecular weight excluding hydrogens is 290 g/mol. The summed E-state index contributed by atoms with van der Waals surface area (Å²) in [5.41, 5.74) is 2.84. The van der Waals surface area contributed by atoms with Crippen LogP contribution in [0.2, 0.25) is 13.1 Å². The number of H-pyrrole nitrogens is 1. The molecule has 0 amide bonds. The first-order valence-electron chi connectivity index (χ1n) is 5.93. The number of hydrogen-bond acceptors (Lipinski definition) is 0. The summed E-state index contributed by atoms with van der Waals surface area (Å²) in [6.07, 6.45) is 0. The lowest BCUT2D eigenvalue weighted by molar-refractivity contribution is 0.596. The molecule has 17 heavy (non-hydrogen) atoms. The van der Waals surface area contributed by atoms with Gasteiger partial charge in [-0.2, -0.15) is 0 Å². The first-order valence-corrected chi connectivity index (χ1v) is 9.23. The van der Waals surface area contributed by atoms with Gasteiger partial charge in [0.2, 0.25) is 0 Å². The molecule has 0 saturated heterocycles. The van der Waals surface area contributed by atoms with E-state index in [-0.39, 0.29) is 5.41 Å². The minimum Gasteiger partial charge on any atom is -0.361 e. The van der Waals surface area contributed by atoms with Gasteiger partial charge in [0.05, 0.1) is 0 Å². The summed E-state index contributed by atoms with van der Waals surface area (Å²) < 4.78 is 1.27. The lowest BCUT2D eigenvalue weighted by atomic mass is 9.85. The number of nitrogens with one attached hydrogen (secondary N) is 1. The van der Waals surface area contributed by atoms with E-state index in [0.717, 1.165) is 0 Å². The Morgan fingerprint density at radius 1 is 1.18 bits per heavy atom. The van der Waals surface area contributed by atoms with E-state index < -0.39 is 8.80 Å². The molecule has 3 heteroatoms. The van der Waals surface area contributed by atoms with Crippen molar-refractivity contribution in [3.8, 4) is 0 Å². The zero-order valence-electron chi connectivity index (χ0n) is 11.1. The van der Waals surface area contributed by atoms with E-state index in [1.165, 1.54) is 26.3 Å². The molecule has 0 unspecified atom stereocenters. The molecule has 1 aromatic carbocycles. The smallest absolute Gasteiger partial charge is 0.103 e. The fourth-order valence-electron chi connectivity index (χ4n) is 2.18. The maximum atomic E-state index is 3.79. The lowest BCUT2D eigenvalue weighted by Gasteiger charge is -2.20. The predicted molar refractivity (Wildman–Crippen MR) is 81.8 cm³/mol. The minimum absolute atomic E-state index is 0.176. The highest BCUT2D eigenvalue weighted by atomic mass is 79.9. The third-order valence-corrected chi connectivity index (χ3v) is 5.61. The van der Waals surface area contributed by atoms with Crippen molar-refractivity contribution < 1.29 is 0 Å². The first-order chi connectivity index (χ1) is 7.82. The van der Waals surface area contributed by atoms with Crippen LogP contribution in [-0.2, 0) is 5.41 Å². The number of aromatic nitrogens is 1. The molecule has 1 N–H and O–H groups in total. The summed E-state index contributed by atoms with van der Waals surface area (Å²) in [4.78, 5) is 3.57. The van der Waals surface area contributed by atoms with E-state index in [2.05, 4.69) is 73.0 Å². The second-order valence-corrected chi connectivity index (χ2v) is 9.09. The maximum absolute atomic E-state index is 3.79. The molecule has 0 spiro atoms. The third kappa shape index (κ3) is 2.23. The number of fused-ring (bicyclic) bond motifs is 1. The van der Waals surface area contributed by atoms with Gasteiger partial charge in [-0.1, -0.05) is 46.0 Å². The van der Waals surface area contributed by atoms with E-state index in [1.807, 2.05) is 0 Å². The number of hydrogen-bond donors (Lipinski definition) is 1. The molecule has 0 atom stereocenters. The molecule has 91 valence electrons. The van der Waals surface area contributed by atoms with Gasteiger partial charge in [0.15, 0.2) is 0 Å². The van der Waals surface area contributed by atoms with Crippen molar-refractivity contribution in [3.63, 3.8) is 0 Å². The van der Waals surface area contributed by atoms with E-state index in [4.69, 9.17) is 0 Å². The van der Waals surface area contributed by atoms with Crippen LogP contribution < -0.4 is 5.32 Å². The Balaban J connectivity index is 2.80. The molecule has 1 heterocycles. The molecule has 0 saturated carbocycles. The standard InChI is InChI=1S/C14H19BrNSi/c1-14(2,3)9-7-6-8-10-11(9)12(15)13(16-10)17(4)5/h6-8,16H,1-5H3. The topological polar surface area (TPSA) is 15.8 Å². The van der Waals surface area contributed by atoms with Gasteiger partial charge in [0.25, 0.3) is 0 Å². The van der Waals surface area contributed by atoms with Gasteiger partial charge in [-0.05, 0) is 33.0 Å². The van der Waals surface area contributed by atoms with Crippen LogP contribution >= 0.6 is 15.9 Å². The van der Waals surface area contributed by atoms with Crippen molar-refractivity contribution in [2.24, 2.45) is 0 Å². The predicted octanol–water partition coefficient (Wildman–Crippen LogP) is 4.19. The van der Waals surface area contributed by atoms with Crippen molar-refractivity contribution in [1.82, 2.24) is 4.98 Å². The summed E-state index contributed by atoms with van der Waals surface area (Å²) in [6.45, 7) is 11.4. The molecule has 1 aromatic heterocycles. The summed E-state index contributed by atoms with van der Waals surface area (Å²) >= 11 is 3.79. The summed E-state index contributed by atoms with van der Waals surface area (Å²) in [7, 11) is -0.467. The van der Waals surface area contributed by atoms with Crippen molar-refractivity contribution >= 4 is 40.9 Å². The number of benzene rings is 1. The highest BCUT2D eigenvalue weighted by Gasteiger charge is 2.21. The van der Waals surface area contributed by atoms with E-state index in [1.54, 1.807) is 0 Å². The van der Waals surface area contributed by atoms with Gasteiger partial charge < -0.3 is 4.98 Å². The van der Waals surface area contributed by atoms with Gasteiger partial charge in [-0.25, -0.2) is 0 Å². The van der Waals surface area contributed by atoms with Crippen LogP contribution in [0, 0.1) is 0 Å². The number of halogens is 1. The largest absolute Gasteiger partial charge is 0.361 e. The third-order valence-electron chi connectivity index (χ3n) is 3.07. The average Bonchev–Trinajstić information content (AvgIpc) is 2.55. The molecule has 1 radical (unpaired) electrons. The second kappa shape index (κ2) is 4.29. The molecule has 2 rings (SSSR count). The van der Waals surface area contributed by atoms with Gasteiger partial charge in [0, 0.05) is 20.7 Å². The van der Waals surface area contributed by atoms with Crippen molar-refractivity contribution in [1.29, 1.82) is 0 Å². The van der Waals surface area contributed by atoms with Crippen molar-refractivity contribution in [2.75, 3.05) is 0 Å². The monoisotopic (exact) mass is 308 g/mol.